The van der Waals surface area contributed by atoms with Gasteiger partial charge in [-0.1, -0.05) is 11.6 Å². The number of nitrogens with zero attached hydrogens (tertiary/aromatic N) is 1. The number of aromatic carboxylic acids is 1. The number of halogens is 2. The van der Waals surface area contributed by atoms with Crippen molar-refractivity contribution in [3.8, 4) is 0 Å². The zero-order valence-corrected chi connectivity index (χ0v) is 6.89. The number of carbonyl (C=O) groups is 1. The van der Waals surface area contributed by atoms with Gasteiger partial charge in [-0.05, 0) is 6.07 Å². The van der Waals surface area contributed by atoms with E-state index in [9.17, 15) is 4.79 Å². The first-order chi connectivity index (χ1) is 4.72. The van der Waals surface area contributed by atoms with Gasteiger partial charge in [0.25, 0.3) is 0 Å². The van der Waals surface area contributed by atoms with Crippen molar-refractivity contribution in [1.29, 1.82) is 0 Å². The molecule has 0 aliphatic carbocycles. The highest BCUT2D eigenvalue weighted by atomic mass is 35.5. The fourth-order valence-corrected chi connectivity index (χ4v) is 0.749. The van der Waals surface area contributed by atoms with E-state index >= 15 is 0 Å². The van der Waals surface area contributed by atoms with Crippen molar-refractivity contribution in [2.45, 2.75) is 0 Å². The first kappa shape index (κ1) is 10.2. The summed E-state index contributed by atoms with van der Waals surface area (Å²) in [4.78, 5) is 13.9. The van der Waals surface area contributed by atoms with Crippen LogP contribution in [0, 0.1) is 0 Å². The Morgan fingerprint density at radius 2 is 2.27 bits per heavy atom. The third-order valence-electron chi connectivity index (χ3n) is 1.00. The van der Waals surface area contributed by atoms with Gasteiger partial charge < -0.3 is 5.11 Å². The van der Waals surface area contributed by atoms with Gasteiger partial charge in [-0.15, -0.1) is 12.4 Å². The summed E-state index contributed by atoms with van der Waals surface area (Å²) < 4.78 is 0. The molecule has 0 saturated heterocycles. The van der Waals surface area contributed by atoms with Gasteiger partial charge >= 0.3 is 5.97 Å². The van der Waals surface area contributed by atoms with Gasteiger partial charge in [0.1, 0.15) is 0 Å². The van der Waals surface area contributed by atoms with E-state index in [0.717, 1.165) is 0 Å². The summed E-state index contributed by atoms with van der Waals surface area (Å²) in [6, 6.07) is 1.35. The van der Waals surface area contributed by atoms with Crippen molar-refractivity contribution in [3.05, 3.63) is 29.0 Å². The van der Waals surface area contributed by atoms with Crippen LogP contribution in [0.25, 0.3) is 0 Å². The Kier molecular flexibility index (Phi) is 3.85. The Labute approximate surface area is 74.4 Å². The maximum Gasteiger partial charge on any atom is 0.337 e. The van der Waals surface area contributed by atoms with Gasteiger partial charge in [-0.3, -0.25) is 4.98 Å². The van der Waals surface area contributed by atoms with E-state index in [2.05, 4.69) is 4.98 Å². The molecule has 1 heterocycles. The fraction of sp³-hybridized carbons (Fsp3) is 0. The van der Waals surface area contributed by atoms with Crippen LogP contribution in [0.3, 0.4) is 0 Å². The number of hydrogen-bond acceptors (Lipinski definition) is 2. The third-order valence-corrected chi connectivity index (χ3v) is 1.30. The van der Waals surface area contributed by atoms with Gasteiger partial charge in [-0.25, -0.2) is 4.79 Å². The minimum atomic E-state index is -1.03. The van der Waals surface area contributed by atoms with Crippen LogP contribution in [0.5, 0.6) is 0 Å². The molecule has 1 aromatic rings. The molecule has 0 saturated carbocycles. The number of pyridine rings is 1. The van der Waals surface area contributed by atoms with E-state index < -0.39 is 5.97 Å². The smallest absolute Gasteiger partial charge is 0.337 e. The first-order valence-corrected chi connectivity index (χ1v) is 2.92. The van der Waals surface area contributed by atoms with E-state index in [4.69, 9.17) is 16.7 Å². The lowest BCUT2D eigenvalue weighted by molar-refractivity contribution is 0.0697. The quantitative estimate of drug-likeness (QED) is 0.741. The summed E-state index contributed by atoms with van der Waals surface area (Å²) in [5.74, 6) is -1.03. The van der Waals surface area contributed by atoms with Crippen molar-refractivity contribution in [2.75, 3.05) is 0 Å². The molecule has 0 fully saturated rings. The van der Waals surface area contributed by atoms with Crippen molar-refractivity contribution in [3.63, 3.8) is 0 Å². The summed E-state index contributed by atoms with van der Waals surface area (Å²) in [5.41, 5.74) is 0.0802. The lowest BCUT2D eigenvalue weighted by Gasteiger charge is -1.93. The fourth-order valence-electron chi connectivity index (χ4n) is 0.549. The molecule has 11 heavy (non-hydrogen) atoms. The number of aromatic nitrogens is 1. The summed E-state index contributed by atoms with van der Waals surface area (Å²) in [6.07, 6.45) is 2.68. The second kappa shape index (κ2) is 4.16. The van der Waals surface area contributed by atoms with E-state index in [1.165, 1.54) is 18.5 Å². The van der Waals surface area contributed by atoms with Crippen molar-refractivity contribution in [2.24, 2.45) is 0 Å². The standard InChI is InChI=1S/C6H4ClNO2.ClH/c7-5-3-8-2-1-4(5)6(9)10;/h1-3H,(H,9,10);1H. The zero-order valence-electron chi connectivity index (χ0n) is 5.32. The lowest BCUT2D eigenvalue weighted by Crippen LogP contribution is -1.96. The molecule has 3 nitrogen and oxygen atoms in total. The maximum absolute atomic E-state index is 10.3. The molecule has 1 aromatic heterocycles. The molecule has 0 unspecified atom stereocenters. The molecule has 60 valence electrons. The molecule has 0 bridgehead atoms. The lowest BCUT2D eigenvalue weighted by atomic mass is 10.3. The maximum atomic E-state index is 10.3. The molecule has 1 rings (SSSR count). The van der Waals surface area contributed by atoms with Crippen LogP contribution in [0.2, 0.25) is 5.02 Å². The van der Waals surface area contributed by atoms with Gasteiger partial charge in [0.2, 0.25) is 0 Å². The van der Waals surface area contributed by atoms with Gasteiger partial charge in [0.15, 0.2) is 0 Å². The summed E-state index contributed by atoms with van der Waals surface area (Å²) in [6.45, 7) is 0. The third kappa shape index (κ3) is 2.37. The number of carboxylic acid groups (broad SMARTS) is 1. The topological polar surface area (TPSA) is 50.2 Å². The Morgan fingerprint density at radius 1 is 1.64 bits per heavy atom. The average molecular weight is 194 g/mol. The molecule has 0 spiro atoms. The van der Waals surface area contributed by atoms with Crippen LogP contribution in [0.4, 0.5) is 0 Å². The van der Waals surface area contributed by atoms with Gasteiger partial charge in [0, 0.05) is 12.4 Å². The van der Waals surface area contributed by atoms with E-state index in [1.807, 2.05) is 0 Å². The normalized spacial score (nSPS) is 8.45. The molecular weight excluding hydrogens is 189 g/mol. The van der Waals surface area contributed by atoms with Crippen molar-refractivity contribution in [1.82, 2.24) is 4.98 Å². The minimum Gasteiger partial charge on any atom is -0.478 e. The first-order valence-electron chi connectivity index (χ1n) is 2.54. The highest BCUT2D eigenvalue weighted by Gasteiger charge is 2.05. The number of carboxylic acids is 1. The van der Waals surface area contributed by atoms with Crippen LogP contribution < -0.4 is 0 Å². The summed E-state index contributed by atoms with van der Waals surface area (Å²) >= 11 is 5.48. The summed E-state index contributed by atoms with van der Waals surface area (Å²) in [7, 11) is 0. The second-order valence-corrected chi connectivity index (χ2v) is 2.07. The highest BCUT2D eigenvalue weighted by molar-refractivity contribution is 6.33. The SMILES string of the molecule is Cl.O=C(O)c1ccncc1Cl. The predicted octanol–water partition coefficient (Wildman–Crippen LogP) is 1.85. The van der Waals surface area contributed by atoms with Crippen LogP contribution in [0.1, 0.15) is 10.4 Å². The molecular formula is C6H5Cl2NO2. The number of rotatable bonds is 1. The largest absolute Gasteiger partial charge is 0.478 e. The van der Waals surface area contributed by atoms with Crippen LogP contribution in [0.15, 0.2) is 18.5 Å². The summed E-state index contributed by atoms with van der Waals surface area (Å²) in [5, 5.41) is 8.62. The molecule has 1 N–H and O–H groups in total. The van der Waals surface area contributed by atoms with Crippen molar-refractivity contribution < 1.29 is 9.90 Å². The zero-order chi connectivity index (χ0) is 7.56. The highest BCUT2D eigenvalue weighted by Crippen LogP contribution is 2.12. The Morgan fingerprint density at radius 3 is 2.64 bits per heavy atom. The van der Waals surface area contributed by atoms with Gasteiger partial charge in [0.05, 0.1) is 10.6 Å². The molecule has 0 aliphatic heterocycles. The monoisotopic (exact) mass is 193 g/mol. The Hall–Kier alpha value is -0.800. The Balaban J connectivity index is 0.000001000. The average Bonchev–Trinajstić information content (AvgIpc) is 1.88. The minimum absolute atomic E-state index is 0. The van der Waals surface area contributed by atoms with Crippen LogP contribution in [-0.2, 0) is 0 Å². The van der Waals surface area contributed by atoms with E-state index in [1.54, 1.807) is 0 Å². The predicted molar refractivity (Wildman–Crippen MR) is 43.5 cm³/mol. The number of hydrogen-bond donors (Lipinski definition) is 1. The van der Waals surface area contributed by atoms with Crippen LogP contribution in [-0.4, -0.2) is 16.1 Å². The van der Waals surface area contributed by atoms with E-state index in [-0.39, 0.29) is 23.0 Å². The molecule has 0 aliphatic rings. The molecule has 0 aromatic carbocycles. The molecule has 0 amide bonds. The molecule has 5 heteroatoms. The molecule has 0 radical (unpaired) electrons. The van der Waals surface area contributed by atoms with E-state index in [0.29, 0.717) is 0 Å². The van der Waals surface area contributed by atoms with Crippen molar-refractivity contribution >= 4 is 30.0 Å². The van der Waals surface area contributed by atoms with Gasteiger partial charge in [-0.2, -0.15) is 0 Å². The Bertz CT molecular complexity index is 265. The molecule has 0 atom stereocenters. The van der Waals surface area contributed by atoms with Crippen LogP contribution >= 0.6 is 24.0 Å². The second-order valence-electron chi connectivity index (χ2n) is 1.66.